The molecule has 0 aromatic heterocycles. The Kier molecular flexibility index (Phi) is 4.39. The SMILES string of the molecule is O=C1CCc2c(OC3CCCCC3)ccc(SC(F)(F)F)c21. The molecule has 6 heteroatoms. The highest BCUT2D eigenvalue weighted by molar-refractivity contribution is 8.00. The number of hydrogen-bond acceptors (Lipinski definition) is 3. The van der Waals surface area contributed by atoms with Crippen molar-refractivity contribution in [3.05, 3.63) is 23.3 Å². The van der Waals surface area contributed by atoms with E-state index in [0.29, 0.717) is 17.7 Å². The normalized spacial score (nSPS) is 19.3. The van der Waals surface area contributed by atoms with Gasteiger partial charge in [0.1, 0.15) is 5.75 Å². The molecule has 0 saturated heterocycles. The highest BCUT2D eigenvalue weighted by Gasteiger charge is 2.35. The first-order valence-electron chi connectivity index (χ1n) is 7.55. The maximum atomic E-state index is 12.6. The average Bonchev–Trinajstić information content (AvgIpc) is 2.84. The van der Waals surface area contributed by atoms with Gasteiger partial charge in [-0.05, 0) is 56.0 Å². The van der Waals surface area contributed by atoms with Gasteiger partial charge < -0.3 is 4.74 Å². The fourth-order valence-electron chi connectivity index (χ4n) is 3.21. The Morgan fingerprint density at radius 2 is 1.82 bits per heavy atom. The van der Waals surface area contributed by atoms with Crippen molar-refractivity contribution in [3.63, 3.8) is 0 Å². The molecular weight excluding hydrogens is 313 g/mol. The summed E-state index contributed by atoms with van der Waals surface area (Å²) in [4.78, 5) is 12.0. The monoisotopic (exact) mass is 330 g/mol. The van der Waals surface area contributed by atoms with Crippen LogP contribution in [0.5, 0.6) is 5.75 Å². The zero-order valence-electron chi connectivity index (χ0n) is 12.0. The van der Waals surface area contributed by atoms with Crippen molar-refractivity contribution in [3.8, 4) is 5.75 Å². The molecule has 0 unspecified atom stereocenters. The molecule has 2 aliphatic carbocycles. The molecule has 0 heterocycles. The lowest BCUT2D eigenvalue weighted by molar-refractivity contribution is -0.0328. The molecule has 0 atom stereocenters. The highest BCUT2D eigenvalue weighted by atomic mass is 32.2. The zero-order chi connectivity index (χ0) is 15.7. The van der Waals surface area contributed by atoms with E-state index in [2.05, 4.69) is 0 Å². The molecule has 0 spiro atoms. The van der Waals surface area contributed by atoms with Crippen LogP contribution in [-0.4, -0.2) is 17.4 Å². The van der Waals surface area contributed by atoms with Crippen LogP contribution in [0.15, 0.2) is 17.0 Å². The molecule has 2 nitrogen and oxygen atoms in total. The van der Waals surface area contributed by atoms with Crippen LogP contribution in [0.3, 0.4) is 0 Å². The van der Waals surface area contributed by atoms with Crippen LogP contribution >= 0.6 is 11.8 Å². The number of alkyl halides is 3. The number of ether oxygens (including phenoxy) is 1. The van der Waals surface area contributed by atoms with Gasteiger partial charge in [0, 0.05) is 22.4 Å². The van der Waals surface area contributed by atoms with E-state index < -0.39 is 5.51 Å². The molecule has 1 aromatic carbocycles. The molecule has 1 fully saturated rings. The first-order chi connectivity index (χ1) is 10.4. The molecule has 0 amide bonds. The molecule has 22 heavy (non-hydrogen) atoms. The first-order valence-corrected chi connectivity index (χ1v) is 8.37. The molecule has 3 rings (SSSR count). The first kappa shape index (κ1) is 15.7. The van der Waals surface area contributed by atoms with Crippen molar-refractivity contribution < 1.29 is 22.7 Å². The van der Waals surface area contributed by atoms with E-state index in [4.69, 9.17) is 4.74 Å². The van der Waals surface area contributed by atoms with Crippen LogP contribution in [0, 0.1) is 0 Å². The smallest absolute Gasteiger partial charge is 0.446 e. The van der Waals surface area contributed by atoms with Crippen molar-refractivity contribution in [2.24, 2.45) is 0 Å². The third kappa shape index (κ3) is 3.42. The fraction of sp³-hybridized carbons (Fsp3) is 0.562. The number of benzene rings is 1. The summed E-state index contributed by atoms with van der Waals surface area (Å²) in [6, 6.07) is 2.97. The summed E-state index contributed by atoms with van der Waals surface area (Å²) in [5.74, 6) is 0.384. The number of halogens is 3. The van der Waals surface area contributed by atoms with Gasteiger partial charge in [-0.3, -0.25) is 4.79 Å². The Morgan fingerprint density at radius 3 is 2.50 bits per heavy atom. The van der Waals surface area contributed by atoms with E-state index in [0.717, 1.165) is 25.7 Å². The molecule has 0 bridgehead atoms. The second-order valence-corrected chi connectivity index (χ2v) is 6.87. The van der Waals surface area contributed by atoms with E-state index in [9.17, 15) is 18.0 Å². The molecule has 1 saturated carbocycles. The summed E-state index contributed by atoms with van der Waals surface area (Å²) >= 11 is -0.212. The van der Waals surface area contributed by atoms with E-state index in [1.165, 1.54) is 12.5 Å². The number of hydrogen-bond donors (Lipinski definition) is 0. The maximum absolute atomic E-state index is 12.6. The molecule has 2 aliphatic rings. The van der Waals surface area contributed by atoms with Gasteiger partial charge in [0.2, 0.25) is 0 Å². The van der Waals surface area contributed by atoms with Crippen molar-refractivity contribution in [1.29, 1.82) is 0 Å². The number of ketones is 1. The van der Waals surface area contributed by atoms with E-state index in [1.807, 2.05) is 0 Å². The van der Waals surface area contributed by atoms with Crippen LogP contribution in [0.25, 0.3) is 0 Å². The van der Waals surface area contributed by atoms with Gasteiger partial charge in [-0.25, -0.2) is 0 Å². The lowest BCUT2D eigenvalue weighted by atomic mass is 9.97. The molecule has 120 valence electrons. The number of rotatable bonds is 3. The number of fused-ring (bicyclic) bond motifs is 1. The summed E-state index contributed by atoms with van der Waals surface area (Å²) in [5.41, 5.74) is -3.51. The van der Waals surface area contributed by atoms with Gasteiger partial charge in [-0.15, -0.1) is 0 Å². The molecule has 0 N–H and O–H groups in total. The summed E-state index contributed by atoms with van der Waals surface area (Å²) in [6.07, 6.45) is 6.26. The lowest BCUT2D eigenvalue weighted by Crippen LogP contribution is -2.20. The summed E-state index contributed by atoms with van der Waals surface area (Å²) in [6.45, 7) is 0. The quantitative estimate of drug-likeness (QED) is 0.718. The number of carbonyl (C=O) groups excluding carboxylic acids is 1. The standard InChI is InChI=1S/C16H17F3O2S/c17-16(18,19)22-14-9-8-13(11-6-7-12(20)15(11)14)21-10-4-2-1-3-5-10/h8-10H,1-7H2. The fourth-order valence-corrected chi connectivity index (χ4v) is 3.93. The topological polar surface area (TPSA) is 26.3 Å². The molecule has 1 aromatic rings. The van der Waals surface area contributed by atoms with E-state index in [1.54, 1.807) is 6.07 Å². The minimum absolute atomic E-state index is 0.000921. The van der Waals surface area contributed by atoms with Gasteiger partial charge in [-0.1, -0.05) is 6.42 Å². The minimum Gasteiger partial charge on any atom is -0.490 e. The van der Waals surface area contributed by atoms with E-state index >= 15 is 0 Å². The van der Waals surface area contributed by atoms with Crippen molar-refractivity contribution in [2.75, 3.05) is 0 Å². The molecule has 0 radical (unpaired) electrons. The van der Waals surface area contributed by atoms with Crippen LogP contribution in [0.2, 0.25) is 0 Å². The van der Waals surface area contributed by atoms with Gasteiger partial charge >= 0.3 is 5.51 Å². The third-order valence-electron chi connectivity index (χ3n) is 4.18. The number of carbonyl (C=O) groups is 1. The summed E-state index contributed by atoms with van der Waals surface area (Å²) in [5, 5.41) is 0. The highest BCUT2D eigenvalue weighted by Crippen LogP contribution is 2.44. The minimum atomic E-state index is -4.39. The van der Waals surface area contributed by atoms with Gasteiger partial charge in [0.05, 0.1) is 6.10 Å². The average molecular weight is 330 g/mol. The lowest BCUT2D eigenvalue weighted by Gasteiger charge is -2.24. The van der Waals surface area contributed by atoms with Crippen molar-refractivity contribution >= 4 is 17.5 Å². The molecule has 0 aliphatic heterocycles. The number of thioether (sulfide) groups is 1. The Bertz CT molecular complexity index is 577. The van der Waals surface area contributed by atoms with E-state index in [-0.39, 0.29) is 40.5 Å². The second kappa shape index (κ2) is 6.14. The second-order valence-electron chi connectivity index (χ2n) is 5.76. The Hall–Kier alpha value is -1.17. The Morgan fingerprint density at radius 1 is 1.09 bits per heavy atom. The van der Waals surface area contributed by atoms with Crippen LogP contribution in [0.1, 0.15) is 54.4 Å². The molecular formula is C16H17F3O2S. The summed E-state index contributed by atoms with van der Waals surface area (Å²) in [7, 11) is 0. The predicted octanol–water partition coefficient (Wildman–Crippen LogP) is 5.14. The van der Waals surface area contributed by atoms with Gasteiger partial charge in [0.25, 0.3) is 0 Å². The Balaban J connectivity index is 1.88. The number of Topliss-reactive ketones (excluding diaryl/α,β-unsaturated/α-hetero) is 1. The third-order valence-corrected chi connectivity index (χ3v) is 4.98. The van der Waals surface area contributed by atoms with Crippen molar-refractivity contribution in [2.45, 2.75) is 61.5 Å². The Labute approximate surface area is 131 Å². The van der Waals surface area contributed by atoms with Gasteiger partial charge in [-0.2, -0.15) is 13.2 Å². The van der Waals surface area contributed by atoms with Gasteiger partial charge in [0.15, 0.2) is 5.78 Å². The van der Waals surface area contributed by atoms with Crippen LogP contribution < -0.4 is 4.74 Å². The zero-order valence-corrected chi connectivity index (χ0v) is 12.9. The van der Waals surface area contributed by atoms with Crippen molar-refractivity contribution in [1.82, 2.24) is 0 Å². The van der Waals surface area contributed by atoms with Crippen LogP contribution in [0.4, 0.5) is 13.2 Å². The maximum Gasteiger partial charge on any atom is 0.446 e. The van der Waals surface area contributed by atoms with Crippen LogP contribution in [-0.2, 0) is 6.42 Å². The summed E-state index contributed by atoms with van der Waals surface area (Å²) < 4.78 is 43.9. The predicted molar refractivity (Wildman–Crippen MR) is 78.5 cm³/mol. The largest absolute Gasteiger partial charge is 0.490 e.